The van der Waals surface area contributed by atoms with E-state index in [0.717, 1.165) is 57.5 Å². The molecule has 1 aromatic rings. The van der Waals surface area contributed by atoms with Gasteiger partial charge in [-0.3, -0.25) is 9.48 Å². The third-order valence-electron chi connectivity index (χ3n) is 5.28. The Morgan fingerprint density at radius 3 is 2.96 bits per heavy atom. The molecule has 0 radical (unpaired) electrons. The summed E-state index contributed by atoms with van der Waals surface area (Å²) in [6, 6.07) is 0.190. The number of aromatic nitrogens is 2. The lowest BCUT2D eigenvalue weighted by Crippen LogP contribution is -2.55. The average molecular weight is 335 g/mol. The summed E-state index contributed by atoms with van der Waals surface area (Å²) in [5.41, 5.74) is 0.751. The number of carbonyl (C=O) groups is 1. The van der Waals surface area contributed by atoms with Gasteiger partial charge in [-0.15, -0.1) is 0 Å². The molecule has 0 bridgehead atoms. The second-order valence-corrected chi connectivity index (χ2v) is 7.09. The lowest BCUT2D eigenvalue weighted by molar-refractivity contribution is -0.137. The molecule has 0 aliphatic carbocycles. The fourth-order valence-electron chi connectivity index (χ4n) is 3.86. The number of hydrogen-bond acceptors (Lipinski definition) is 5. The van der Waals surface area contributed by atoms with Crippen molar-refractivity contribution in [3.05, 3.63) is 12.4 Å². The molecule has 2 aliphatic heterocycles. The summed E-state index contributed by atoms with van der Waals surface area (Å²) < 4.78 is 7.20. The van der Waals surface area contributed by atoms with Crippen LogP contribution in [0.25, 0.3) is 0 Å². The largest absolute Gasteiger partial charge is 0.384 e. The Hall–Kier alpha value is -1.60. The number of nitrogens with one attached hydrogen (secondary N) is 2. The molecular formula is C17H29N5O2. The predicted molar refractivity (Wildman–Crippen MR) is 93.0 cm³/mol. The number of rotatable bonds is 5. The maximum Gasteiger partial charge on any atom is 0.228 e. The number of carbonyl (C=O) groups excluding carboxylic acids is 1. The predicted octanol–water partition coefficient (Wildman–Crippen LogP) is 0.521. The lowest BCUT2D eigenvalue weighted by Gasteiger charge is -2.39. The molecule has 7 heteroatoms. The van der Waals surface area contributed by atoms with Crippen LogP contribution in [0.2, 0.25) is 0 Å². The topological polar surface area (TPSA) is 71.4 Å². The highest BCUT2D eigenvalue weighted by atomic mass is 16.5. The SMILES string of the molecule is COCC1(C(=O)NC2CCCN(c3cnn(C)c3)C2)CCNCC1. The van der Waals surface area contributed by atoms with Gasteiger partial charge in [0.1, 0.15) is 0 Å². The minimum absolute atomic E-state index is 0.156. The molecule has 7 nitrogen and oxygen atoms in total. The fraction of sp³-hybridized carbons (Fsp3) is 0.765. The summed E-state index contributed by atoms with van der Waals surface area (Å²) in [6.45, 7) is 4.12. The van der Waals surface area contributed by atoms with Gasteiger partial charge >= 0.3 is 0 Å². The van der Waals surface area contributed by atoms with E-state index in [1.165, 1.54) is 0 Å². The zero-order chi connectivity index (χ0) is 17.0. The van der Waals surface area contributed by atoms with E-state index < -0.39 is 0 Å². The van der Waals surface area contributed by atoms with Crippen LogP contribution in [0.5, 0.6) is 0 Å². The number of amides is 1. The third-order valence-corrected chi connectivity index (χ3v) is 5.28. The Balaban J connectivity index is 1.62. The first kappa shape index (κ1) is 17.2. The van der Waals surface area contributed by atoms with Crippen molar-refractivity contribution in [3.8, 4) is 0 Å². The fourth-order valence-corrected chi connectivity index (χ4v) is 3.86. The minimum atomic E-state index is -0.378. The van der Waals surface area contributed by atoms with Gasteiger partial charge in [-0.1, -0.05) is 0 Å². The zero-order valence-electron chi connectivity index (χ0n) is 14.8. The van der Waals surface area contributed by atoms with Crippen LogP contribution < -0.4 is 15.5 Å². The molecule has 2 N–H and O–H groups in total. The summed E-state index contributed by atoms with van der Waals surface area (Å²) in [5.74, 6) is 0.156. The number of piperidine rings is 2. The van der Waals surface area contributed by atoms with Crippen molar-refractivity contribution in [1.29, 1.82) is 0 Å². The van der Waals surface area contributed by atoms with Crippen molar-refractivity contribution in [2.75, 3.05) is 44.8 Å². The van der Waals surface area contributed by atoms with Gasteiger partial charge in [0.15, 0.2) is 0 Å². The van der Waals surface area contributed by atoms with E-state index in [2.05, 4.69) is 20.6 Å². The van der Waals surface area contributed by atoms with Crippen molar-refractivity contribution in [2.24, 2.45) is 12.5 Å². The summed E-state index contributed by atoms with van der Waals surface area (Å²) in [6.07, 6.45) is 7.72. The van der Waals surface area contributed by atoms with Crippen LogP contribution in [0.4, 0.5) is 5.69 Å². The van der Waals surface area contributed by atoms with E-state index in [-0.39, 0.29) is 17.4 Å². The van der Waals surface area contributed by atoms with Crippen molar-refractivity contribution in [3.63, 3.8) is 0 Å². The lowest BCUT2D eigenvalue weighted by atomic mass is 9.78. The standard InChI is InChI=1S/C17H29N5O2/c1-21-12-15(10-19-21)22-9-3-4-14(11-22)20-16(23)17(13-24-2)5-7-18-8-6-17/h10,12,14,18H,3-9,11,13H2,1-2H3,(H,20,23). The van der Waals surface area contributed by atoms with E-state index in [9.17, 15) is 4.79 Å². The maximum atomic E-state index is 13.0. The Morgan fingerprint density at radius 2 is 2.29 bits per heavy atom. The molecule has 1 unspecified atom stereocenters. The molecule has 2 fully saturated rings. The van der Waals surface area contributed by atoms with Gasteiger partial charge in [0.2, 0.25) is 5.91 Å². The molecule has 3 rings (SSSR count). The van der Waals surface area contributed by atoms with Gasteiger partial charge in [-0.05, 0) is 38.8 Å². The highest BCUT2D eigenvalue weighted by Crippen LogP contribution is 2.30. The normalized spacial score (nSPS) is 23.9. The van der Waals surface area contributed by atoms with Gasteiger partial charge in [0.25, 0.3) is 0 Å². The van der Waals surface area contributed by atoms with E-state index >= 15 is 0 Å². The minimum Gasteiger partial charge on any atom is -0.384 e. The van der Waals surface area contributed by atoms with Crippen LogP contribution in [0.3, 0.4) is 0 Å². The third kappa shape index (κ3) is 3.72. The first-order chi connectivity index (χ1) is 11.6. The first-order valence-corrected chi connectivity index (χ1v) is 8.87. The molecule has 0 aromatic carbocycles. The molecule has 0 spiro atoms. The summed E-state index contributed by atoms with van der Waals surface area (Å²) in [7, 11) is 3.61. The van der Waals surface area contributed by atoms with Crippen LogP contribution in [-0.4, -0.2) is 61.6 Å². The molecule has 1 aromatic heterocycles. The van der Waals surface area contributed by atoms with Crippen molar-refractivity contribution in [1.82, 2.24) is 20.4 Å². The second kappa shape index (κ2) is 7.53. The van der Waals surface area contributed by atoms with Crippen LogP contribution in [0.15, 0.2) is 12.4 Å². The van der Waals surface area contributed by atoms with Crippen LogP contribution in [0.1, 0.15) is 25.7 Å². The zero-order valence-corrected chi connectivity index (χ0v) is 14.8. The number of methoxy groups -OCH3 is 1. The maximum absolute atomic E-state index is 13.0. The summed E-state index contributed by atoms with van der Waals surface area (Å²) in [5, 5.41) is 10.9. The molecule has 24 heavy (non-hydrogen) atoms. The van der Waals surface area contributed by atoms with Crippen LogP contribution in [-0.2, 0) is 16.6 Å². The number of nitrogens with zero attached hydrogens (tertiary/aromatic N) is 3. The smallest absolute Gasteiger partial charge is 0.228 e. The number of aryl methyl sites for hydroxylation is 1. The number of ether oxygens (including phenoxy) is 1. The molecular weight excluding hydrogens is 306 g/mol. The van der Waals surface area contributed by atoms with Gasteiger partial charge in [0, 0.05) is 39.5 Å². The number of anilines is 1. The molecule has 1 atom stereocenters. The van der Waals surface area contributed by atoms with E-state index in [1.807, 2.05) is 24.1 Å². The molecule has 2 saturated heterocycles. The quantitative estimate of drug-likeness (QED) is 0.821. The Morgan fingerprint density at radius 1 is 1.50 bits per heavy atom. The molecule has 2 aliphatic rings. The van der Waals surface area contributed by atoms with Crippen molar-refractivity contribution < 1.29 is 9.53 Å². The van der Waals surface area contributed by atoms with E-state index in [1.54, 1.807) is 7.11 Å². The summed E-state index contributed by atoms with van der Waals surface area (Å²) >= 11 is 0. The van der Waals surface area contributed by atoms with E-state index in [4.69, 9.17) is 4.74 Å². The van der Waals surface area contributed by atoms with Crippen molar-refractivity contribution >= 4 is 11.6 Å². The molecule has 134 valence electrons. The average Bonchev–Trinajstić information content (AvgIpc) is 3.03. The van der Waals surface area contributed by atoms with Gasteiger partial charge in [-0.2, -0.15) is 5.10 Å². The Labute approximate surface area is 143 Å². The Kier molecular flexibility index (Phi) is 5.40. The summed E-state index contributed by atoms with van der Waals surface area (Å²) in [4.78, 5) is 15.3. The number of hydrogen-bond donors (Lipinski definition) is 2. The monoisotopic (exact) mass is 335 g/mol. The second-order valence-electron chi connectivity index (χ2n) is 7.09. The van der Waals surface area contributed by atoms with Gasteiger partial charge in [-0.25, -0.2) is 0 Å². The van der Waals surface area contributed by atoms with Crippen LogP contribution in [0, 0.1) is 5.41 Å². The van der Waals surface area contributed by atoms with E-state index in [0.29, 0.717) is 6.61 Å². The Bertz CT molecular complexity index is 547. The van der Waals surface area contributed by atoms with Crippen molar-refractivity contribution in [2.45, 2.75) is 31.7 Å². The first-order valence-electron chi connectivity index (χ1n) is 8.87. The van der Waals surface area contributed by atoms with Gasteiger partial charge < -0.3 is 20.3 Å². The molecule has 1 amide bonds. The molecule has 0 saturated carbocycles. The van der Waals surface area contributed by atoms with Gasteiger partial charge in [0.05, 0.1) is 23.9 Å². The molecule has 3 heterocycles. The van der Waals surface area contributed by atoms with Crippen LogP contribution >= 0.6 is 0 Å². The highest BCUT2D eigenvalue weighted by Gasteiger charge is 2.40. The highest BCUT2D eigenvalue weighted by molar-refractivity contribution is 5.83.